The van der Waals surface area contributed by atoms with E-state index in [0.717, 1.165) is 12.1 Å². The largest absolute Gasteiger partial charge is 0.481 e. The van der Waals surface area contributed by atoms with Gasteiger partial charge in [-0.05, 0) is 0 Å². The van der Waals surface area contributed by atoms with E-state index in [1.54, 1.807) is 4.90 Å². The molecular formula is C15H19F2N3O4. The van der Waals surface area contributed by atoms with Crippen molar-refractivity contribution in [1.29, 1.82) is 0 Å². The Morgan fingerprint density at radius 3 is 2.54 bits per heavy atom. The van der Waals surface area contributed by atoms with Crippen LogP contribution in [0.4, 0.5) is 25.0 Å². The summed E-state index contributed by atoms with van der Waals surface area (Å²) in [5.41, 5.74) is 0.486. The maximum Gasteiger partial charge on any atom is 0.321 e. The Hall–Kier alpha value is -2.42. The van der Waals surface area contributed by atoms with Gasteiger partial charge in [0.2, 0.25) is 0 Å². The van der Waals surface area contributed by atoms with Crippen LogP contribution in [0.25, 0.3) is 0 Å². The van der Waals surface area contributed by atoms with E-state index in [1.807, 2.05) is 0 Å². The smallest absolute Gasteiger partial charge is 0.321 e. The Morgan fingerprint density at radius 2 is 1.92 bits per heavy atom. The van der Waals surface area contributed by atoms with Crippen molar-refractivity contribution in [3.8, 4) is 0 Å². The number of hydrogen-bond donors (Lipinski definition) is 2. The second-order valence-corrected chi connectivity index (χ2v) is 5.38. The summed E-state index contributed by atoms with van der Waals surface area (Å²) in [4.78, 5) is 25.6. The standard InChI is InChI=1S/C15H19F2N3O4/c1-19(3-2-14(21)22)15(23)18-12-8-10(16)11(17)9-13(12)20-4-6-24-7-5-20/h8-9H,2-7H2,1H3,(H,18,23)(H,21,22). The molecule has 9 heteroatoms. The normalized spacial score (nSPS) is 14.4. The van der Waals surface area contributed by atoms with Gasteiger partial charge in [0.25, 0.3) is 0 Å². The van der Waals surface area contributed by atoms with Crippen molar-refractivity contribution in [3.63, 3.8) is 0 Å². The molecule has 24 heavy (non-hydrogen) atoms. The van der Waals surface area contributed by atoms with E-state index in [4.69, 9.17) is 9.84 Å². The molecule has 7 nitrogen and oxygen atoms in total. The summed E-state index contributed by atoms with van der Waals surface area (Å²) in [7, 11) is 1.42. The van der Waals surface area contributed by atoms with Crippen molar-refractivity contribution in [2.24, 2.45) is 0 Å². The molecule has 2 N–H and O–H groups in total. The number of carbonyl (C=O) groups is 2. The van der Waals surface area contributed by atoms with Gasteiger partial charge in [-0.3, -0.25) is 4.79 Å². The summed E-state index contributed by atoms with van der Waals surface area (Å²) in [6.45, 7) is 1.87. The third kappa shape index (κ3) is 4.54. The first kappa shape index (κ1) is 17.9. The van der Waals surface area contributed by atoms with E-state index < -0.39 is 23.6 Å². The lowest BCUT2D eigenvalue weighted by Gasteiger charge is -2.31. The summed E-state index contributed by atoms with van der Waals surface area (Å²) in [5.74, 6) is -3.11. The highest BCUT2D eigenvalue weighted by atomic mass is 19.2. The van der Waals surface area contributed by atoms with Crippen molar-refractivity contribution < 1.29 is 28.2 Å². The van der Waals surface area contributed by atoms with Crippen LogP contribution in [0.15, 0.2) is 12.1 Å². The van der Waals surface area contributed by atoms with Gasteiger partial charge in [0.1, 0.15) is 0 Å². The van der Waals surface area contributed by atoms with Gasteiger partial charge >= 0.3 is 12.0 Å². The Kier molecular flexibility index (Phi) is 5.91. The van der Waals surface area contributed by atoms with E-state index in [2.05, 4.69) is 5.32 Å². The number of carbonyl (C=O) groups excluding carboxylic acids is 1. The molecule has 1 aliphatic heterocycles. The minimum atomic E-state index is -1.07. The molecule has 132 valence electrons. The van der Waals surface area contributed by atoms with Gasteiger partial charge in [-0.15, -0.1) is 0 Å². The van der Waals surface area contributed by atoms with E-state index in [0.29, 0.717) is 32.0 Å². The number of nitrogens with zero attached hydrogens (tertiary/aromatic N) is 2. The molecule has 0 unspecified atom stereocenters. The Labute approximate surface area is 137 Å². The highest BCUT2D eigenvalue weighted by Gasteiger charge is 2.20. The Balaban J connectivity index is 2.17. The zero-order valence-electron chi connectivity index (χ0n) is 13.2. The van der Waals surface area contributed by atoms with Crippen molar-refractivity contribution in [2.75, 3.05) is 50.1 Å². The number of ether oxygens (including phenoxy) is 1. The second kappa shape index (κ2) is 7.91. The van der Waals surface area contributed by atoms with Crippen LogP contribution < -0.4 is 10.2 Å². The number of nitrogens with one attached hydrogen (secondary N) is 1. The highest BCUT2D eigenvalue weighted by molar-refractivity contribution is 5.93. The number of halogens is 2. The number of carboxylic acids is 1. The number of carboxylic acid groups (broad SMARTS) is 1. The van der Waals surface area contributed by atoms with Gasteiger partial charge in [0.15, 0.2) is 11.6 Å². The zero-order chi connectivity index (χ0) is 17.7. The van der Waals surface area contributed by atoms with Crippen LogP contribution in [0.3, 0.4) is 0 Å². The van der Waals surface area contributed by atoms with Crippen LogP contribution in [0, 0.1) is 11.6 Å². The van der Waals surface area contributed by atoms with Crippen molar-refractivity contribution >= 4 is 23.4 Å². The van der Waals surface area contributed by atoms with E-state index >= 15 is 0 Å². The fourth-order valence-corrected chi connectivity index (χ4v) is 2.28. The van der Waals surface area contributed by atoms with Crippen molar-refractivity contribution in [1.82, 2.24) is 4.90 Å². The highest BCUT2D eigenvalue weighted by Crippen LogP contribution is 2.29. The van der Waals surface area contributed by atoms with Gasteiger partial charge in [0, 0.05) is 38.8 Å². The summed E-state index contributed by atoms with van der Waals surface area (Å²) in [6.07, 6.45) is -0.210. The van der Waals surface area contributed by atoms with Gasteiger partial charge < -0.3 is 25.0 Å². The summed E-state index contributed by atoms with van der Waals surface area (Å²) < 4.78 is 32.4. The number of urea groups is 1. The van der Waals surface area contributed by atoms with Crippen LogP contribution in [-0.2, 0) is 9.53 Å². The number of amides is 2. The minimum absolute atomic E-state index is 0.00225. The molecule has 1 fully saturated rings. The molecule has 0 atom stereocenters. The summed E-state index contributed by atoms with van der Waals surface area (Å²) in [5, 5.41) is 11.2. The van der Waals surface area contributed by atoms with E-state index in [-0.39, 0.29) is 18.7 Å². The number of aliphatic carboxylic acids is 1. The van der Waals surface area contributed by atoms with Gasteiger partial charge in [-0.25, -0.2) is 13.6 Å². The number of morpholine rings is 1. The SMILES string of the molecule is CN(CCC(=O)O)C(=O)Nc1cc(F)c(F)cc1N1CCOCC1. The lowest BCUT2D eigenvalue weighted by atomic mass is 10.2. The van der Waals surface area contributed by atoms with Crippen molar-refractivity contribution in [3.05, 3.63) is 23.8 Å². The lowest BCUT2D eigenvalue weighted by Crippen LogP contribution is -2.38. The molecule has 1 aromatic rings. The minimum Gasteiger partial charge on any atom is -0.481 e. The van der Waals surface area contributed by atoms with Gasteiger partial charge in [-0.1, -0.05) is 0 Å². The Morgan fingerprint density at radius 1 is 1.29 bits per heavy atom. The van der Waals surface area contributed by atoms with Crippen LogP contribution in [0.2, 0.25) is 0 Å². The monoisotopic (exact) mass is 343 g/mol. The fourth-order valence-electron chi connectivity index (χ4n) is 2.28. The number of rotatable bonds is 5. The van der Waals surface area contributed by atoms with Crippen LogP contribution in [-0.4, -0.2) is 61.9 Å². The van der Waals surface area contributed by atoms with Crippen molar-refractivity contribution in [2.45, 2.75) is 6.42 Å². The third-order valence-electron chi connectivity index (χ3n) is 3.64. The van der Waals surface area contributed by atoms with Gasteiger partial charge in [-0.2, -0.15) is 0 Å². The lowest BCUT2D eigenvalue weighted by molar-refractivity contribution is -0.137. The Bertz CT molecular complexity index is 621. The second-order valence-electron chi connectivity index (χ2n) is 5.38. The first-order chi connectivity index (χ1) is 11.4. The molecule has 1 aliphatic rings. The molecule has 2 rings (SSSR count). The average molecular weight is 343 g/mol. The van der Waals surface area contributed by atoms with Gasteiger partial charge in [0.05, 0.1) is 31.0 Å². The molecule has 0 aliphatic carbocycles. The summed E-state index contributed by atoms with van der Waals surface area (Å²) >= 11 is 0. The topological polar surface area (TPSA) is 82.1 Å². The third-order valence-corrected chi connectivity index (χ3v) is 3.64. The quantitative estimate of drug-likeness (QED) is 0.851. The molecular weight excluding hydrogens is 324 g/mol. The molecule has 2 amide bonds. The molecule has 0 spiro atoms. The molecule has 1 heterocycles. The molecule has 0 aromatic heterocycles. The first-order valence-electron chi connectivity index (χ1n) is 7.44. The molecule has 1 saturated heterocycles. The molecule has 1 aromatic carbocycles. The summed E-state index contributed by atoms with van der Waals surface area (Å²) in [6, 6.07) is 1.35. The van der Waals surface area contributed by atoms with E-state index in [9.17, 15) is 18.4 Å². The first-order valence-corrected chi connectivity index (χ1v) is 7.44. The molecule has 0 bridgehead atoms. The number of benzene rings is 1. The predicted molar refractivity (Wildman–Crippen MR) is 83.3 cm³/mol. The average Bonchev–Trinajstić information content (AvgIpc) is 2.56. The maximum atomic E-state index is 13.6. The fraction of sp³-hybridized carbons (Fsp3) is 0.467. The van der Waals surface area contributed by atoms with Crippen LogP contribution in [0.1, 0.15) is 6.42 Å². The molecule has 0 saturated carbocycles. The zero-order valence-corrected chi connectivity index (χ0v) is 13.2. The van der Waals surface area contributed by atoms with Crippen LogP contribution in [0.5, 0.6) is 0 Å². The van der Waals surface area contributed by atoms with E-state index in [1.165, 1.54) is 11.9 Å². The predicted octanol–water partition coefficient (Wildman–Crippen LogP) is 1.74. The number of anilines is 2. The maximum absolute atomic E-state index is 13.6. The van der Waals surface area contributed by atoms with Crippen LogP contribution >= 0.6 is 0 Å². The molecule has 0 radical (unpaired) electrons. The number of hydrogen-bond acceptors (Lipinski definition) is 4.